The van der Waals surface area contributed by atoms with Crippen LogP contribution in [0.25, 0.3) is 0 Å². The summed E-state index contributed by atoms with van der Waals surface area (Å²) in [5.41, 5.74) is 8.39. The van der Waals surface area contributed by atoms with E-state index in [4.69, 9.17) is 10.5 Å². The molecule has 1 saturated heterocycles. The van der Waals surface area contributed by atoms with Crippen LogP contribution in [-0.4, -0.2) is 52.4 Å². The summed E-state index contributed by atoms with van der Waals surface area (Å²) in [7, 11) is 0. The molecule has 3 rings (SSSR count). The van der Waals surface area contributed by atoms with Crippen molar-refractivity contribution in [3.8, 4) is 0 Å². The van der Waals surface area contributed by atoms with Crippen molar-refractivity contribution in [2.45, 2.75) is 38.3 Å². The molecule has 3 heterocycles. The Morgan fingerprint density at radius 2 is 2.17 bits per heavy atom. The van der Waals surface area contributed by atoms with Gasteiger partial charge in [-0.1, -0.05) is 0 Å². The van der Waals surface area contributed by atoms with E-state index in [-0.39, 0.29) is 0 Å². The molecular weight excluding hydrogens is 298 g/mol. The third-order valence-corrected chi connectivity index (χ3v) is 4.06. The molecule has 0 aromatic heterocycles. The van der Waals surface area contributed by atoms with Gasteiger partial charge in [0, 0.05) is 19.2 Å². The Morgan fingerprint density at radius 3 is 2.70 bits per heavy atom. The van der Waals surface area contributed by atoms with Crippen LogP contribution in [-0.2, 0) is 9.53 Å². The molecule has 1 unspecified atom stereocenters. The lowest BCUT2D eigenvalue weighted by molar-refractivity contribution is -0.135. The van der Waals surface area contributed by atoms with E-state index in [0.29, 0.717) is 25.2 Å². The summed E-state index contributed by atoms with van der Waals surface area (Å²) in [6.45, 7) is 6.35. The summed E-state index contributed by atoms with van der Waals surface area (Å²) in [6.07, 6.45) is 5.16. The minimum Gasteiger partial charge on any atom is -0.444 e. The van der Waals surface area contributed by atoms with Crippen LogP contribution in [0, 0.1) is 0 Å². The smallest absolute Gasteiger partial charge is 0.411 e. The molecule has 0 aromatic rings. The Labute approximate surface area is 134 Å². The molecule has 8 nitrogen and oxygen atoms in total. The Kier molecular flexibility index (Phi) is 3.35. The summed E-state index contributed by atoms with van der Waals surface area (Å²) in [4.78, 5) is 30.1. The van der Waals surface area contributed by atoms with Gasteiger partial charge in [-0.15, -0.1) is 0 Å². The first-order valence-electron chi connectivity index (χ1n) is 7.53. The van der Waals surface area contributed by atoms with Crippen LogP contribution in [0.4, 0.5) is 4.79 Å². The van der Waals surface area contributed by atoms with Gasteiger partial charge >= 0.3 is 6.09 Å². The number of amides is 2. The largest absolute Gasteiger partial charge is 0.444 e. The Morgan fingerprint density at radius 1 is 1.43 bits per heavy atom. The average molecular weight is 319 g/mol. The van der Waals surface area contributed by atoms with Crippen LogP contribution in [0.3, 0.4) is 0 Å². The van der Waals surface area contributed by atoms with Gasteiger partial charge in [0.25, 0.3) is 0 Å². The topological polar surface area (TPSA) is 100 Å². The first-order chi connectivity index (χ1) is 10.7. The number of primary amides is 1. The van der Waals surface area contributed by atoms with Crippen LogP contribution >= 0.6 is 0 Å². The number of hydrogen-bond donors (Lipinski definition) is 2. The van der Waals surface area contributed by atoms with Gasteiger partial charge < -0.3 is 10.5 Å². The van der Waals surface area contributed by atoms with Gasteiger partial charge in [0.15, 0.2) is 5.54 Å². The van der Waals surface area contributed by atoms with E-state index in [9.17, 15) is 9.59 Å². The van der Waals surface area contributed by atoms with Crippen molar-refractivity contribution in [2.75, 3.05) is 13.1 Å². The highest BCUT2D eigenvalue weighted by Gasteiger charge is 2.57. The first-order valence-corrected chi connectivity index (χ1v) is 7.53. The maximum atomic E-state index is 12.4. The highest BCUT2D eigenvalue weighted by Crippen LogP contribution is 2.40. The van der Waals surface area contributed by atoms with Crippen molar-refractivity contribution in [2.24, 2.45) is 10.7 Å². The second-order valence-corrected chi connectivity index (χ2v) is 6.77. The van der Waals surface area contributed by atoms with Gasteiger partial charge in [-0.25, -0.2) is 4.79 Å². The van der Waals surface area contributed by atoms with E-state index < -0.39 is 23.1 Å². The number of hydrazine groups is 1. The number of hydrogen-bond acceptors (Lipinski definition) is 6. The van der Waals surface area contributed by atoms with Gasteiger partial charge in [-0.05, 0) is 26.8 Å². The van der Waals surface area contributed by atoms with Gasteiger partial charge in [0.2, 0.25) is 5.91 Å². The van der Waals surface area contributed by atoms with Crippen molar-refractivity contribution in [3.63, 3.8) is 0 Å². The Balaban J connectivity index is 1.89. The van der Waals surface area contributed by atoms with E-state index in [1.807, 2.05) is 5.01 Å². The maximum absolute atomic E-state index is 12.4. The first kappa shape index (κ1) is 15.4. The van der Waals surface area contributed by atoms with Gasteiger partial charge in [-0.2, -0.15) is 0 Å². The number of carbonyl (C=O) groups is 2. The number of rotatable bonds is 2. The molecule has 8 heteroatoms. The van der Waals surface area contributed by atoms with Crippen LogP contribution in [0.15, 0.2) is 28.7 Å². The Hall–Kier alpha value is -2.51. The lowest BCUT2D eigenvalue weighted by atomic mass is 9.81. The van der Waals surface area contributed by atoms with Crippen LogP contribution < -0.4 is 11.2 Å². The van der Waals surface area contributed by atoms with E-state index >= 15 is 0 Å². The van der Waals surface area contributed by atoms with Crippen molar-refractivity contribution >= 4 is 18.2 Å². The summed E-state index contributed by atoms with van der Waals surface area (Å²) >= 11 is 0. The van der Waals surface area contributed by atoms with Crippen LogP contribution in [0.1, 0.15) is 27.2 Å². The SMILES string of the molecule is CC(C)(C)OC(=O)N1CCC1(C(N)=O)C1=CC2=CN=CCN2N1. The third-order valence-electron chi connectivity index (χ3n) is 4.06. The zero-order valence-electron chi connectivity index (χ0n) is 13.5. The molecular formula is C15H21N5O3. The average Bonchev–Trinajstić information content (AvgIpc) is 2.78. The van der Waals surface area contributed by atoms with E-state index in [1.54, 1.807) is 39.3 Å². The standard InChI is InChI=1S/C15H21N5O3/c1-14(2,3)23-13(22)19-6-4-15(19,12(16)21)11-8-10-9-17-5-7-20(10)18-11/h5,8-9,18H,4,6-7H2,1-3H3,(H2,16,21). The van der Waals surface area contributed by atoms with Crippen molar-refractivity contribution in [1.29, 1.82) is 0 Å². The molecule has 0 bridgehead atoms. The molecule has 1 atom stereocenters. The molecule has 3 aliphatic rings. The molecule has 0 aliphatic carbocycles. The number of ether oxygens (including phenoxy) is 1. The number of likely N-dealkylation sites (tertiary alicyclic amines) is 1. The Bertz CT molecular complexity index is 646. The minimum absolute atomic E-state index is 0.423. The number of aliphatic imine (C=N–C) groups is 1. The van der Waals surface area contributed by atoms with Gasteiger partial charge in [0.05, 0.1) is 24.1 Å². The lowest BCUT2D eigenvalue weighted by Gasteiger charge is -2.50. The van der Waals surface area contributed by atoms with E-state index in [1.165, 1.54) is 4.90 Å². The zero-order chi connectivity index (χ0) is 16.8. The lowest BCUT2D eigenvalue weighted by Crippen LogP contribution is -2.71. The van der Waals surface area contributed by atoms with E-state index in [2.05, 4.69) is 10.4 Å². The second-order valence-electron chi connectivity index (χ2n) is 6.77. The molecule has 3 N–H and O–H groups in total. The summed E-state index contributed by atoms with van der Waals surface area (Å²) < 4.78 is 5.40. The number of carbonyl (C=O) groups excluding carboxylic acids is 2. The normalized spacial score (nSPS) is 25.9. The van der Waals surface area contributed by atoms with Crippen molar-refractivity contribution < 1.29 is 14.3 Å². The molecule has 0 spiro atoms. The predicted molar refractivity (Wildman–Crippen MR) is 84.0 cm³/mol. The highest BCUT2D eigenvalue weighted by atomic mass is 16.6. The van der Waals surface area contributed by atoms with Crippen LogP contribution in [0.2, 0.25) is 0 Å². The molecule has 2 amide bonds. The molecule has 0 radical (unpaired) electrons. The summed E-state index contributed by atoms with van der Waals surface area (Å²) in [5.74, 6) is -0.574. The molecule has 1 fully saturated rings. The van der Waals surface area contributed by atoms with Crippen molar-refractivity contribution in [3.05, 3.63) is 23.7 Å². The predicted octanol–water partition coefficient (Wildman–Crippen LogP) is 0.481. The summed E-state index contributed by atoms with van der Waals surface area (Å²) in [6, 6.07) is 0. The second kappa shape index (κ2) is 5.00. The highest BCUT2D eigenvalue weighted by molar-refractivity contribution is 5.94. The fourth-order valence-corrected chi connectivity index (χ4v) is 2.88. The molecule has 23 heavy (non-hydrogen) atoms. The van der Waals surface area contributed by atoms with Crippen LogP contribution in [0.5, 0.6) is 0 Å². The van der Waals surface area contributed by atoms with E-state index in [0.717, 1.165) is 5.70 Å². The number of fused-ring (bicyclic) bond motifs is 1. The number of allylic oxidation sites excluding steroid dienone is 1. The zero-order valence-corrected chi connectivity index (χ0v) is 13.5. The minimum atomic E-state index is -1.19. The summed E-state index contributed by atoms with van der Waals surface area (Å²) in [5, 5.41) is 1.85. The molecule has 0 aromatic carbocycles. The number of nitrogens with two attached hydrogens (primary N) is 1. The molecule has 3 aliphatic heterocycles. The number of nitrogens with zero attached hydrogens (tertiary/aromatic N) is 3. The maximum Gasteiger partial charge on any atom is 0.411 e. The molecule has 124 valence electrons. The fraction of sp³-hybridized carbons (Fsp3) is 0.533. The fourth-order valence-electron chi connectivity index (χ4n) is 2.88. The third kappa shape index (κ3) is 2.43. The van der Waals surface area contributed by atoms with Gasteiger partial charge in [-0.3, -0.25) is 25.1 Å². The van der Waals surface area contributed by atoms with Gasteiger partial charge in [0.1, 0.15) is 5.60 Å². The molecule has 0 saturated carbocycles. The quantitative estimate of drug-likeness (QED) is 0.771. The monoisotopic (exact) mass is 319 g/mol. The number of nitrogens with one attached hydrogen (secondary N) is 1. The van der Waals surface area contributed by atoms with Crippen molar-refractivity contribution in [1.82, 2.24) is 15.3 Å².